The molecule has 5 nitrogen and oxygen atoms in total. The number of aryl methyl sites for hydroxylation is 3. The van der Waals surface area contributed by atoms with Crippen LogP contribution in [-0.4, -0.2) is 21.0 Å². The molecule has 5 heteroatoms. The maximum atomic E-state index is 5.22. The first-order chi connectivity index (χ1) is 9.40. The van der Waals surface area contributed by atoms with Crippen LogP contribution in [0.25, 0.3) is 0 Å². The standard InChI is InChI=1S/C15H24N4O/c1-9(2)16-7-14-10(3)17-19(12(14)5)8-15-11(4)18-20-13(15)6/h9,16H,7-8H2,1-6H3. The third-order valence-electron chi connectivity index (χ3n) is 3.71. The highest BCUT2D eigenvalue weighted by atomic mass is 16.5. The van der Waals surface area contributed by atoms with E-state index in [1.165, 1.54) is 11.3 Å². The van der Waals surface area contributed by atoms with E-state index >= 15 is 0 Å². The molecule has 0 aromatic carbocycles. The zero-order valence-corrected chi connectivity index (χ0v) is 13.2. The van der Waals surface area contributed by atoms with E-state index in [4.69, 9.17) is 4.52 Å². The summed E-state index contributed by atoms with van der Waals surface area (Å²) >= 11 is 0. The second-order valence-electron chi connectivity index (χ2n) is 5.65. The summed E-state index contributed by atoms with van der Waals surface area (Å²) in [4.78, 5) is 0. The predicted octanol–water partition coefficient (Wildman–Crippen LogP) is 2.65. The third kappa shape index (κ3) is 2.93. The van der Waals surface area contributed by atoms with Crippen molar-refractivity contribution in [2.75, 3.05) is 0 Å². The van der Waals surface area contributed by atoms with Crippen LogP contribution in [-0.2, 0) is 13.1 Å². The monoisotopic (exact) mass is 276 g/mol. The Bertz CT molecular complexity index is 576. The summed E-state index contributed by atoms with van der Waals surface area (Å²) < 4.78 is 7.26. The zero-order valence-electron chi connectivity index (χ0n) is 13.2. The number of nitrogens with zero attached hydrogens (tertiary/aromatic N) is 3. The van der Waals surface area contributed by atoms with Gasteiger partial charge >= 0.3 is 0 Å². The van der Waals surface area contributed by atoms with Gasteiger partial charge in [0.2, 0.25) is 0 Å². The lowest BCUT2D eigenvalue weighted by molar-refractivity contribution is 0.391. The van der Waals surface area contributed by atoms with Crippen molar-refractivity contribution < 1.29 is 4.52 Å². The molecule has 0 aliphatic rings. The lowest BCUT2D eigenvalue weighted by atomic mass is 10.1. The van der Waals surface area contributed by atoms with Gasteiger partial charge in [-0.05, 0) is 27.7 Å². The average Bonchev–Trinajstić information content (AvgIpc) is 2.82. The Labute approximate surface area is 120 Å². The maximum Gasteiger partial charge on any atom is 0.138 e. The Balaban J connectivity index is 2.23. The molecule has 2 aromatic heterocycles. The van der Waals surface area contributed by atoms with Crippen LogP contribution in [0.2, 0.25) is 0 Å². The van der Waals surface area contributed by atoms with Gasteiger partial charge in [0.1, 0.15) is 5.76 Å². The zero-order chi connectivity index (χ0) is 14.9. The first-order valence-electron chi connectivity index (χ1n) is 7.08. The Kier molecular flexibility index (Phi) is 4.28. The molecule has 0 fully saturated rings. The summed E-state index contributed by atoms with van der Waals surface area (Å²) in [5.74, 6) is 0.872. The molecule has 2 rings (SSSR count). The number of hydrogen-bond donors (Lipinski definition) is 1. The van der Waals surface area contributed by atoms with Crippen LogP contribution in [0.4, 0.5) is 0 Å². The van der Waals surface area contributed by atoms with E-state index in [0.29, 0.717) is 6.04 Å². The highest BCUT2D eigenvalue weighted by Crippen LogP contribution is 2.18. The fraction of sp³-hybridized carbons (Fsp3) is 0.600. The summed E-state index contributed by atoms with van der Waals surface area (Å²) in [7, 11) is 0. The maximum absolute atomic E-state index is 5.22. The fourth-order valence-electron chi connectivity index (χ4n) is 2.33. The number of aromatic nitrogens is 3. The summed E-state index contributed by atoms with van der Waals surface area (Å²) in [6.45, 7) is 14.0. The normalized spacial score (nSPS) is 11.6. The molecule has 0 radical (unpaired) electrons. The van der Waals surface area contributed by atoms with Gasteiger partial charge in [-0.3, -0.25) is 4.68 Å². The van der Waals surface area contributed by atoms with Crippen molar-refractivity contribution in [3.63, 3.8) is 0 Å². The molecule has 0 unspecified atom stereocenters. The summed E-state index contributed by atoms with van der Waals surface area (Å²) in [5.41, 5.74) is 5.64. The van der Waals surface area contributed by atoms with E-state index in [9.17, 15) is 0 Å². The minimum absolute atomic E-state index is 0.472. The Hall–Kier alpha value is -1.62. The molecule has 0 amide bonds. The minimum Gasteiger partial charge on any atom is -0.361 e. The van der Waals surface area contributed by atoms with Crippen LogP contribution in [0.5, 0.6) is 0 Å². The number of hydrogen-bond acceptors (Lipinski definition) is 4. The van der Waals surface area contributed by atoms with Crippen LogP contribution >= 0.6 is 0 Å². The molecule has 2 aromatic rings. The van der Waals surface area contributed by atoms with Crippen molar-refractivity contribution in [2.24, 2.45) is 0 Å². The third-order valence-corrected chi connectivity index (χ3v) is 3.71. The molecule has 0 aliphatic carbocycles. The van der Waals surface area contributed by atoms with Crippen molar-refractivity contribution in [1.82, 2.24) is 20.3 Å². The van der Waals surface area contributed by atoms with E-state index < -0.39 is 0 Å². The molecule has 1 N–H and O–H groups in total. The van der Waals surface area contributed by atoms with Crippen molar-refractivity contribution in [3.8, 4) is 0 Å². The van der Waals surface area contributed by atoms with Gasteiger partial charge < -0.3 is 9.84 Å². The SMILES string of the molecule is Cc1noc(C)c1Cn1nc(C)c(CNC(C)C)c1C. The van der Waals surface area contributed by atoms with Crippen molar-refractivity contribution in [1.29, 1.82) is 0 Å². The van der Waals surface area contributed by atoms with E-state index in [1.54, 1.807) is 0 Å². The van der Waals surface area contributed by atoms with Crippen molar-refractivity contribution >= 4 is 0 Å². The van der Waals surface area contributed by atoms with Gasteiger partial charge in [-0.15, -0.1) is 0 Å². The van der Waals surface area contributed by atoms with Gasteiger partial charge in [0.05, 0.1) is 17.9 Å². The fourth-order valence-corrected chi connectivity index (χ4v) is 2.33. The Morgan fingerprint density at radius 3 is 2.35 bits per heavy atom. The lowest BCUT2D eigenvalue weighted by Crippen LogP contribution is -2.22. The quantitative estimate of drug-likeness (QED) is 0.912. The summed E-state index contributed by atoms with van der Waals surface area (Å²) in [5, 5.41) is 12.1. The predicted molar refractivity (Wildman–Crippen MR) is 78.8 cm³/mol. The largest absolute Gasteiger partial charge is 0.361 e. The van der Waals surface area contributed by atoms with Gasteiger partial charge in [0, 0.05) is 29.4 Å². The molecular formula is C15H24N4O. The molecule has 110 valence electrons. The van der Waals surface area contributed by atoms with Gasteiger partial charge in [0.25, 0.3) is 0 Å². The molecule has 0 saturated carbocycles. The Morgan fingerprint density at radius 2 is 1.80 bits per heavy atom. The second-order valence-corrected chi connectivity index (χ2v) is 5.65. The molecule has 0 saturated heterocycles. The molecule has 0 spiro atoms. The van der Waals surface area contributed by atoms with E-state index in [1.807, 2.05) is 18.5 Å². The van der Waals surface area contributed by atoms with Crippen LogP contribution in [0.1, 0.15) is 47.8 Å². The van der Waals surface area contributed by atoms with Gasteiger partial charge in [0.15, 0.2) is 0 Å². The molecule has 20 heavy (non-hydrogen) atoms. The smallest absolute Gasteiger partial charge is 0.138 e. The topological polar surface area (TPSA) is 55.9 Å². The highest BCUT2D eigenvalue weighted by Gasteiger charge is 2.15. The molecular weight excluding hydrogens is 252 g/mol. The highest BCUT2D eigenvalue weighted by molar-refractivity contribution is 5.27. The first-order valence-corrected chi connectivity index (χ1v) is 7.08. The minimum atomic E-state index is 0.472. The Morgan fingerprint density at radius 1 is 1.10 bits per heavy atom. The molecule has 2 heterocycles. The van der Waals surface area contributed by atoms with Gasteiger partial charge in [-0.25, -0.2) is 0 Å². The van der Waals surface area contributed by atoms with Crippen molar-refractivity contribution in [3.05, 3.63) is 34.0 Å². The molecule has 0 atom stereocenters. The number of nitrogens with one attached hydrogen (secondary N) is 1. The first kappa shape index (κ1) is 14.8. The van der Waals surface area contributed by atoms with Gasteiger partial charge in [-0.1, -0.05) is 19.0 Å². The molecule has 0 aliphatic heterocycles. The second kappa shape index (κ2) is 5.79. The van der Waals surface area contributed by atoms with E-state index in [0.717, 1.165) is 35.8 Å². The van der Waals surface area contributed by atoms with E-state index in [-0.39, 0.29) is 0 Å². The van der Waals surface area contributed by atoms with E-state index in [2.05, 4.69) is 43.3 Å². The number of rotatable bonds is 5. The summed E-state index contributed by atoms with van der Waals surface area (Å²) in [6, 6.07) is 0.472. The summed E-state index contributed by atoms with van der Waals surface area (Å²) in [6.07, 6.45) is 0. The van der Waals surface area contributed by atoms with Crippen molar-refractivity contribution in [2.45, 2.75) is 60.7 Å². The van der Waals surface area contributed by atoms with Crippen LogP contribution in [0.15, 0.2) is 4.52 Å². The van der Waals surface area contributed by atoms with Crippen LogP contribution in [0.3, 0.4) is 0 Å². The average molecular weight is 276 g/mol. The van der Waals surface area contributed by atoms with Crippen LogP contribution < -0.4 is 5.32 Å². The molecule has 0 bridgehead atoms. The van der Waals surface area contributed by atoms with Gasteiger partial charge in [-0.2, -0.15) is 5.10 Å². The van der Waals surface area contributed by atoms with Crippen LogP contribution in [0, 0.1) is 27.7 Å². The lowest BCUT2D eigenvalue weighted by Gasteiger charge is -2.09.